The summed E-state index contributed by atoms with van der Waals surface area (Å²) in [4.78, 5) is 28.4. The van der Waals surface area contributed by atoms with Crippen LogP contribution >= 0.6 is 11.8 Å². The Bertz CT molecular complexity index is 1510. The third-order valence-electron chi connectivity index (χ3n) is 6.70. The smallest absolute Gasteiger partial charge is 0.269 e. The number of carbonyl (C=O) groups excluding carboxylic acids is 1. The number of non-ortho nitro benzene ring substituents is 1. The number of nitro groups is 1. The first-order valence-electron chi connectivity index (χ1n) is 12.1. The zero-order valence-electron chi connectivity index (χ0n) is 19.8. The van der Waals surface area contributed by atoms with Gasteiger partial charge in [0.2, 0.25) is 11.1 Å². The van der Waals surface area contributed by atoms with E-state index in [9.17, 15) is 14.9 Å². The van der Waals surface area contributed by atoms with Crippen LogP contribution in [0.15, 0.2) is 95.3 Å². The topological polar surface area (TPSA) is 103 Å². The molecule has 1 unspecified atom stereocenters. The van der Waals surface area contributed by atoms with Crippen LogP contribution in [0.1, 0.15) is 36.4 Å². The van der Waals surface area contributed by atoms with Crippen molar-refractivity contribution in [2.75, 3.05) is 5.32 Å². The Morgan fingerprint density at radius 1 is 0.973 bits per heavy atom. The Morgan fingerprint density at radius 2 is 1.70 bits per heavy atom. The van der Waals surface area contributed by atoms with Gasteiger partial charge in [-0.1, -0.05) is 66.4 Å². The summed E-state index contributed by atoms with van der Waals surface area (Å²) in [5, 5.41) is 19.8. The van der Waals surface area contributed by atoms with Gasteiger partial charge in [-0.2, -0.15) is 4.98 Å². The van der Waals surface area contributed by atoms with Crippen molar-refractivity contribution in [1.29, 1.82) is 0 Å². The van der Waals surface area contributed by atoms with Crippen molar-refractivity contribution in [3.8, 4) is 11.1 Å². The zero-order chi connectivity index (χ0) is 25.4. The number of ketones is 1. The molecule has 0 saturated carbocycles. The maximum absolute atomic E-state index is 13.0. The van der Waals surface area contributed by atoms with Crippen molar-refractivity contribution < 1.29 is 9.72 Å². The number of nitrogens with one attached hydrogen (secondary N) is 1. The molecule has 0 radical (unpaired) electrons. The van der Waals surface area contributed by atoms with Crippen molar-refractivity contribution in [2.45, 2.75) is 36.2 Å². The predicted octanol–water partition coefficient (Wildman–Crippen LogP) is 6.17. The molecule has 1 N–H and O–H groups in total. The van der Waals surface area contributed by atoms with E-state index in [4.69, 9.17) is 10.1 Å². The molecule has 1 aromatic heterocycles. The molecule has 1 aliphatic carbocycles. The van der Waals surface area contributed by atoms with Gasteiger partial charge in [-0.15, -0.1) is 5.10 Å². The third kappa shape index (κ3) is 4.53. The van der Waals surface area contributed by atoms with E-state index >= 15 is 0 Å². The van der Waals surface area contributed by atoms with Crippen LogP contribution in [0.4, 0.5) is 11.6 Å². The van der Waals surface area contributed by atoms with Crippen molar-refractivity contribution in [2.24, 2.45) is 0 Å². The van der Waals surface area contributed by atoms with Gasteiger partial charge in [-0.05, 0) is 47.2 Å². The van der Waals surface area contributed by atoms with Gasteiger partial charge in [-0.3, -0.25) is 14.9 Å². The molecule has 0 spiro atoms. The second-order valence-corrected chi connectivity index (χ2v) is 10.0. The molecule has 184 valence electrons. The maximum atomic E-state index is 13.0. The standard InChI is InChI=1S/C28H23N5O3S/c34-24-8-4-7-23-25(24)26(21-13-15-22(16-14-21)33(35)36)32-27(29-23)30-28(31-32)37-17-18-9-11-20(12-10-18)19-5-2-1-3-6-19/h1-3,5-6,9-16,26H,4,7-8,17H2,(H,29,30,31). The Kier molecular flexibility index (Phi) is 6.05. The summed E-state index contributed by atoms with van der Waals surface area (Å²) in [6, 6.07) is 24.6. The van der Waals surface area contributed by atoms with Crippen molar-refractivity contribution >= 4 is 29.2 Å². The van der Waals surface area contributed by atoms with E-state index in [0.29, 0.717) is 28.9 Å². The molecule has 6 rings (SSSR count). The fraction of sp³-hybridized carbons (Fsp3) is 0.179. The van der Waals surface area contributed by atoms with Gasteiger partial charge >= 0.3 is 0 Å². The summed E-state index contributed by atoms with van der Waals surface area (Å²) in [5.41, 5.74) is 5.83. The van der Waals surface area contributed by atoms with Crippen LogP contribution in [-0.4, -0.2) is 25.5 Å². The second kappa shape index (κ2) is 9.67. The van der Waals surface area contributed by atoms with Gasteiger partial charge in [0.1, 0.15) is 6.04 Å². The van der Waals surface area contributed by atoms with E-state index in [1.165, 1.54) is 35.0 Å². The number of carbonyl (C=O) groups is 1. The number of Topliss-reactive ketones (excluding diaryl/α,β-unsaturated/α-hetero) is 1. The summed E-state index contributed by atoms with van der Waals surface area (Å²) in [6.45, 7) is 0. The lowest BCUT2D eigenvalue weighted by atomic mass is 9.85. The van der Waals surface area contributed by atoms with Gasteiger partial charge in [-0.25, -0.2) is 4.68 Å². The molecule has 9 heteroatoms. The molecule has 1 aliphatic heterocycles. The minimum Gasteiger partial charge on any atom is -0.328 e. The summed E-state index contributed by atoms with van der Waals surface area (Å²) >= 11 is 1.53. The molecule has 0 saturated heterocycles. The first kappa shape index (κ1) is 23.2. The summed E-state index contributed by atoms with van der Waals surface area (Å²) in [6.07, 6.45) is 2.02. The lowest BCUT2D eigenvalue weighted by molar-refractivity contribution is -0.384. The number of nitro benzene ring substituents is 1. The highest BCUT2D eigenvalue weighted by atomic mass is 32.2. The molecule has 1 atom stereocenters. The summed E-state index contributed by atoms with van der Waals surface area (Å²) < 4.78 is 1.74. The fourth-order valence-corrected chi connectivity index (χ4v) is 5.64. The second-order valence-electron chi connectivity index (χ2n) is 9.06. The Labute approximate surface area is 217 Å². The highest BCUT2D eigenvalue weighted by Gasteiger charge is 2.37. The van der Waals surface area contributed by atoms with Gasteiger partial charge in [0, 0.05) is 35.6 Å². The minimum absolute atomic E-state index is 0.00944. The quantitative estimate of drug-likeness (QED) is 0.188. The molecule has 37 heavy (non-hydrogen) atoms. The number of benzene rings is 3. The average Bonchev–Trinajstić information content (AvgIpc) is 3.34. The SMILES string of the molecule is O=C1CCCC2=C1C(c1ccc([N+](=O)[O-])cc1)n1nc(SCc3ccc(-c4ccccc4)cc3)nc1N2. The number of hydrogen-bond donors (Lipinski definition) is 1. The van der Waals surface area contributed by atoms with Crippen molar-refractivity contribution in [1.82, 2.24) is 14.8 Å². The van der Waals surface area contributed by atoms with Crippen LogP contribution < -0.4 is 5.32 Å². The number of anilines is 1. The number of fused-ring (bicyclic) bond motifs is 1. The first-order chi connectivity index (χ1) is 18.1. The lowest BCUT2D eigenvalue weighted by Gasteiger charge is -2.32. The van der Waals surface area contributed by atoms with Crippen LogP contribution in [0.2, 0.25) is 0 Å². The summed E-state index contributed by atoms with van der Waals surface area (Å²) in [5.74, 6) is 1.36. The Hall–Kier alpha value is -4.24. The number of nitrogens with zero attached hydrogens (tertiary/aromatic N) is 4. The molecule has 0 fully saturated rings. The van der Waals surface area contributed by atoms with E-state index in [-0.39, 0.29) is 11.5 Å². The lowest BCUT2D eigenvalue weighted by Crippen LogP contribution is -2.31. The normalized spacial score (nSPS) is 16.6. The molecule has 2 heterocycles. The van der Waals surface area contributed by atoms with E-state index in [1.54, 1.807) is 16.8 Å². The van der Waals surface area contributed by atoms with Crippen LogP contribution in [0, 0.1) is 10.1 Å². The van der Waals surface area contributed by atoms with Gasteiger partial charge in [0.05, 0.1) is 4.92 Å². The third-order valence-corrected chi connectivity index (χ3v) is 7.61. The van der Waals surface area contributed by atoms with Crippen LogP contribution in [0.25, 0.3) is 11.1 Å². The molecular weight excluding hydrogens is 486 g/mol. The number of rotatable bonds is 6. The van der Waals surface area contributed by atoms with Gasteiger partial charge in [0.25, 0.3) is 5.69 Å². The van der Waals surface area contributed by atoms with Crippen LogP contribution in [0.5, 0.6) is 0 Å². The maximum Gasteiger partial charge on any atom is 0.269 e. The monoisotopic (exact) mass is 509 g/mol. The summed E-state index contributed by atoms with van der Waals surface area (Å²) in [7, 11) is 0. The highest BCUT2D eigenvalue weighted by molar-refractivity contribution is 7.98. The highest BCUT2D eigenvalue weighted by Crippen LogP contribution is 2.41. The molecule has 8 nitrogen and oxygen atoms in total. The minimum atomic E-state index is -0.466. The number of allylic oxidation sites excluding steroid dienone is 2. The molecule has 4 aromatic rings. The van der Waals surface area contributed by atoms with Gasteiger partial charge in [0.15, 0.2) is 5.78 Å². The first-order valence-corrected chi connectivity index (χ1v) is 13.1. The number of thioether (sulfide) groups is 1. The molecule has 3 aromatic carbocycles. The fourth-order valence-electron chi connectivity index (χ4n) is 4.86. The Morgan fingerprint density at radius 3 is 2.43 bits per heavy atom. The number of aromatic nitrogens is 3. The van der Waals surface area contributed by atoms with Gasteiger partial charge < -0.3 is 5.32 Å². The van der Waals surface area contributed by atoms with Crippen molar-refractivity contribution in [3.63, 3.8) is 0 Å². The van der Waals surface area contributed by atoms with Crippen LogP contribution in [-0.2, 0) is 10.5 Å². The van der Waals surface area contributed by atoms with E-state index in [2.05, 4.69) is 41.7 Å². The van der Waals surface area contributed by atoms with Crippen LogP contribution in [0.3, 0.4) is 0 Å². The zero-order valence-corrected chi connectivity index (χ0v) is 20.6. The average molecular weight is 510 g/mol. The largest absolute Gasteiger partial charge is 0.328 e. The van der Waals surface area contributed by atoms with E-state index in [0.717, 1.165) is 29.7 Å². The van der Waals surface area contributed by atoms with Crippen molar-refractivity contribution in [3.05, 3.63) is 111 Å². The van der Waals surface area contributed by atoms with E-state index < -0.39 is 11.0 Å². The predicted molar refractivity (Wildman–Crippen MR) is 142 cm³/mol. The molecule has 0 bridgehead atoms. The molecular formula is C28H23N5O3S. The number of hydrogen-bond acceptors (Lipinski definition) is 7. The molecule has 0 amide bonds. The molecule has 2 aliphatic rings. The van der Waals surface area contributed by atoms with E-state index in [1.807, 2.05) is 18.2 Å². The Balaban J connectivity index is 1.26.